The van der Waals surface area contributed by atoms with Crippen molar-refractivity contribution in [2.45, 2.75) is 65.7 Å². The highest BCUT2D eigenvalue weighted by molar-refractivity contribution is 5.92. The molecule has 2 aromatic carbocycles. The zero-order chi connectivity index (χ0) is 24.3. The van der Waals surface area contributed by atoms with Crippen molar-refractivity contribution in [2.24, 2.45) is 0 Å². The third-order valence-corrected chi connectivity index (χ3v) is 5.63. The second kappa shape index (κ2) is 9.89. The number of amides is 1. The zero-order valence-electron chi connectivity index (χ0n) is 20.6. The van der Waals surface area contributed by atoms with Crippen LogP contribution < -0.4 is 14.8 Å². The van der Waals surface area contributed by atoms with Gasteiger partial charge < -0.3 is 19.2 Å². The number of hydrogen-bond acceptors (Lipinski definition) is 6. The molecule has 0 unspecified atom stereocenters. The van der Waals surface area contributed by atoms with Crippen molar-refractivity contribution in [2.75, 3.05) is 6.79 Å². The fourth-order valence-corrected chi connectivity index (χ4v) is 3.85. The average Bonchev–Trinajstić information content (AvgIpc) is 3.42. The lowest BCUT2D eigenvalue weighted by molar-refractivity contribution is 0.0938. The first kappa shape index (κ1) is 23.8. The zero-order valence-corrected chi connectivity index (χ0v) is 20.6. The number of fused-ring (bicyclic) bond motifs is 1. The van der Waals surface area contributed by atoms with E-state index in [0.717, 1.165) is 17.1 Å². The van der Waals surface area contributed by atoms with E-state index in [4.69, 9.17) is 13.9 Å². The Hall–Kier alpha value is -3.32. The number of ether oxygens (including phenoxy) is 2. The Morgan fingerprint density at radius 2 is 1.68 bits per heavy atom. The van der Waals surface area contributed by atoms with E-state index in [1.807, 2.05) is 32.0 Å². The highest BCUT2D eigenvalue weighted by Gasteiger charge is 2.19. The normalized spacial score (nSPS) is 13.0. The fourth-order valence-electron chi connectivity index (χ4n) is 3.85. The summed E-state index contributed by atoms with van der Waals surface area (Å²) in [7, 11) is 0. The standard InChI is InChI=1S/C27H33N3O4/c1-18(2)28-26(31)22-16-32-25(29-22)15-30(13-19-6-9-21(10-7-19)27(3,4)5)14-20-8-11-23-24(12-20)34-17-33-23/h6-12,16,18H,13-15,17H2,1-5H3,(H,28,31). The summed E-state index contributed by atoms with van der Waals surface area (Å²) in [4.78, 5) is 18.9. The van der Waals surface area contributed by atoms with Gasteiger partial charge in [-0.05, 0) is 48.1 Å². The Labute approximate surface area is 201 Å². The first-order chi connectivity index (χ1) is 16.2. The molecule has 0 fully saturated rings. The number of carbonyl (C=O) groups is 1. The first-order valence-electron chi connectivity index (χ1n) is 11.6. The molecule has 3 aromatic rings. The van der Waals surface area contributed by atoms with Crippen LogP contribution in [-0.4, -0.2) is 28.6 Å². The smallest absolute Gasteiger partial charge is 0.273 e. The minimum Gasteiger partial charge on any atom is -0.454 e. The van der Waals surface area contributed by atoms with Crippen LogP contribution in [0, 0.1) is 0 Å². The molecule has 0 radical (unpaired) electrons. The molecule has 0 atom stereocenters. The van der Waals surface area contributed by atoms with Crippen LogP contribution in [0.5, 0.6) is 11.5 Å². The maximum absolute atomic E-state index is 12.3. The van der Waals surface area contributed by atoms with Crippen LogP contribution >= 0.6 is 0 Å². The van der Waals surface area contributed by atoms with Gasteiger partial charge in [-0.25, -0.2) is 4.98 Å². The van der Waals surface area contributed by atoms with Crippen LogP contribution in [-0.2, 0) is 25.0 Å². The quantitative estimate of drug-likeness (QED) is 0.504. The van der Waals surface area contributed by atoms with Gasteiger partial charge in [0.25, 0.3) is 5.91 Å². The number of rotatable bonds is 8. The minimum atomic E-state index is -0.231. The van der Waals surface area contributed by atoms with Crippen LogP contribution in [0.15, 0.2) is 53.1 Å². The van der Waals surface area contributed by atoms with Crippen LogP contribution in [0.3, 0.4) is 0 Å². The summed E-state index contributed by atoms with van der Waals surface area (Å²) in [6, 6.07) is 14.7. The molecule has 0 saturated carbocycles. The van der Waals surface area contributed by atoms with E-state index >= 15 is 0 Å². The summed E-state index contributed by atoms with van der Waals surface area (Å²) in [6.07, 6.45) is 1.42. The van der Waals surface area contributed by atoms with Gasteiger partial charge in [0.15, 0.2) is 17.2 Å². The molecule has 0 saturated heterocycles. The molecule has 7 nitrogen and oxygen atoms in total. The second-order valence-corrected chi connectivity index (χ2v) is 10.0. The van der Waals surface area contributed by atoms with Crippen LogP contribution in [0.2, 0.25) is 0 Å². The van der Waals surface area contributed by atoms with Crippen molar-refractivity contribution in [3.05, 3.63) is 77.0 Å². The average molecular weight is 464 g/mol. The molecule has 1 N–H and O–H groups in total. The van der Waals surface area contributed by atoms with Gasteiger partial charge in [-0.3, -0.25) is 9.69 Å². The van der Waals surface area contributed by atoms with Crippen molar-refractivity contribution in [1.82, 2.24) is 15.2 Å². The molecule has 0 aliphatic carbocycles. The van der Waals surface area contributed by atoms with Gasteiger partial charge in [-0.15, -0.1) is 0 Å². The number of benzene rings is 2. The summed E-state index contributed by atoms with van der Waals surface area (Å²) in [5.74, 6) is 1.79. The van der Waals surface area contributed by atoms with E-state index in [9.17, 15) is 4.79 Å². The first-order valence-corrected chi connectivity index (χ1v) is 11.6. The molecule has 0 bridgehead atoms. The number of aromatic nitrogens is 1. The molecule has 1 aliphatic rings. The number of oxazole rings is 1. The van der Waals surface area contributed by atoms with Gasteiger partial charge in [-0.2, -0.15) is 0 Å². The maximum Gasteiger partial charge on any atom is 0.273 e. The molecule has 1 amide bonds. The molecule has 1 aromatic heterocycles. The summed E-state index contributed by atoms with van der Waals surface area (Å²) in [6.45, 7) is 12.5. The summed E-state index contributed by atoms with van der Waals surface area (Å²) >= 11 is 0. The monoisotopic (exact) mass is 463 g/mol. The third-order valence-electron chi connectivity index (χ3n) is 5.63. The fraction of sp³-hybridized carbons (Fsp3) is 0.407. The van der Waals surface area contributed by atoms with Gasteiger partial charge in [0.05, 0.1) is 6.54 Å². The number of nitrogens with zero attached hydrogens (tertiary/aromatic N) is 2. The molecule has 0 spiro atoms. The van der Waals surface area contributed by atoms with Crippen molar-refractivity contribution in [3.8, 4) is 11.5 Å². The lowest BCUT2D eigenvalue weighted by Crippen LogP contribution is -2.30. The van der Waals surface area contributed by atoms with E-state index in [2.05, 4.69) is 60.2 Å². The Bertz CT molecular complexity index is 1130. The van der Waals surface area contributed by atoms with E-state index < -0.39 is 0 Å². The maximum atomic E-state index is 12.3. The van der Waals surface area contributed by atoms with Crippen LogP contribution in [0.25, 0.3) is 0 Å². The predicted molar refractivity (Wildman–Crippen MR) is 130 cm³/mol. The van der Waals surface area contributed by atoms with E-state index in [1.54, 1.807) is 0 Å². The Balaban J connectivity index is 1.52. The van der Waals surface area contributed by atoms with Crippen LogP contribution in [0.1, 0.15) is 67.7 Å². The van der Waals surface area contributed by atoms with Gasteiger partial charge in [0, 0.05) is 19.1 Å². The molecule has 1 aliphatic heterocycles. The van der Waals surface area contributed by atoms with E-state index in [0.29, 0.717) is 31.2 Å². The van der Waals surface area contributed by atoms with E-state index in [-0.39, 0.29) is 24.2 Å². The lowest BCUT2D eigenvalue weighted by atomic mass is 9.87. The van der Waals surface area contributed by atoms with Crippen molar-refractivity contribution < 1.29 is 18.7 Å². The highest BCUT2D eigenvalue weighted by Crippen LogP contribution is 2.33. The van der Waals surface area contributed by atoms with Gasteiger partial charge in [0.2, 0.25) is 12.7 Å². The molecule has 34 heavy (non-hydrogen) atoms. The SMILES string of the molecule is CC(C)NC(=O)c1coc(CN(Cc2ccc(C(C)(C)C)cc2)Cc2ccc3c(c2)OCO3)n1. The minimum absolute atomic E-state index is 0.0335. The van der Waals surface area contributed by atoms with Crippen LogP contribution in [0.4, 0.5) is 0 Å². The van der Waals surface area contributed by atoms with Crippen molar-refractivity contribution in [1.29, 1.82) is 0 Å². The Morgan fingerprint density at radius 1 is 1.00 bits per heavy atom. The van der Waals surface area contributed by atoms with Crippen molar-refractivity contribution >= 4 is 5.91 Å². The molecule has 180 valence electrons. The largest absolute Gasteiger partial charge is 0.454 e. The second-order valence-electron chi connectivity index (χ2n) is 10.0. The number of hydrogen-bond donors (Lipinski definition) is 1. The predicted octanol–water partition coefficient (Wildman–Crippen LogP) is 5.04. The third kappa shape index (κ3) is 5.97. The van der Waals surface area contributed by atoms with Gasteiger partial charge in [0.1, 0.15) is 6.26 Å². The summed E-state index contributed by atoms with van der Waals surface area (Å²) in [5.41, 5.74) is 3.99. The Kier molecular flexibility index (Phi) is 6.93. The molecular formula is C27H33N3O4. The number of nitrogens with one attached hydrogen (secondary N) is 1. The topological polar surface area (TPSA) is 76.8 Å². The summed E-state index contributed by atoms with van der Waals surface area (Å²) in [5, 5.41) is 2.85. The molecular weight excluding hydrogens is 430 g/mol. The lowest BCUT2D eigenvalue weighted by Gasteiger charge is -2.23. The summed E-state index contributed by atoms with van der Waals surface area (Å²) < 4.78 is 16.6. The van der Waals surface area contributed by atoms with E-state index in [1.165, 1.54) is 17.4 Å². The van der Waals surface area contributed by atoms with Crippen molar-refractivity contribution in [3.63, 3.8) is 0 Å². The Morgan fingerprint density at radius 3 is 2.38 bits per heavy atom. The molecule has 4 rings (SSSR count). The number of carbonyl (C=O) groups excluding carboxylic acids is 1. The van der Waals surface area contributed by atoms with Gasteiger partial charge >= 0.3 is 0 Å². The molecule has 2 heterocycles. The molecule has 7 heteroatoms. The highest BCUT2D eigenvalue weighted by atomic mass is 16.7. The van der Waals surface area contributed by atoms with Gasteiger partial charge in [-0.1, -0.05) is 51.1 Å².